The Balaban J connectivity index is 1.89. The third-order valence-electron chi connectivity index (χ3n) is 5.26. The fourth-order valence-electron chi connectivity index (χ4n) is 3.58. The molecule has 1 radical (unpaired) electrons. The van der Waals surface area contributed by atoms with Gasteiger partial charge in [-0.15, -0.1) is 0 Å². The van der Waals surface area contributed by atoms with Crippen molar-refractivity contribution in [2.45, 2.75) is 62.9 Å². The molecule has 1 unspecified atom stereocenters. The SMILES string of the molecule is [B]=C[C@@H]1CC(O)[C@H](S/C=C\CCCC(=O)O)[C@H]1/C=C/[C@@H](O)CCc1cc(Br)c(C)s1. The van der Waals surface area contributed by atoms with Crippen LogP contribution in [0, 0.1) is 18.8 Å². The zero-order valence-corrected chi connectivity index (χ0v) is 20.3. The Labute approximate surface area is 196 Å². The molecule has 1 saturated carbocycles. The Hall–Kier alpha value is -0.665. The molecule has 1 heterocycles. The molecule has 0 aromatic carbocycles. The van der Waals surface area contributed by atoms with Crippen molar-refractivity contribution in [2.24, 2.45) is 11.8 Å². The van der Waals surface area contributed by atoms with Crippen molar-refractivity contribution < 1.29 is 20.1 Å². The minimum absolute atomic E-state index is 0.0372. The van der Waals surface area contributed by atoms with Crippen molar-refractivity contribution in [1.29, 1.82) is 0 Å². The molecule has 1 aliphatic carbocycles. The number of hydrogen-bond acceptors (Lipinski definition) is 5. The summed E-state index contributed by atoms with van der Waals surface area (Å²) in [6, 6.07) is 2.11. The summed E-state index contributed by atoms with van der Waals surface area (Å²) in [4.78, 5) is 13.0. The van der Waals surface area contributed by atoms with Crippen LogP contribution in [0.25, 0.3) is 0 Å². The second-order valence-corrected chi connectivity index (χ2v) is 10.9. The molecule has 1 aromatic rings. The van der Waals surface area contributed by atoms with Gasteiger partial charge in [0, 0.05) is 0 Å². The van der Waals surface area contributed by atoms with E-state index >= 15 is 0 Å². The van der Waals surface area contributed by atoms with E-state index in [1.165, 1.54) is 9.75 Å². The summed E-state index contributed by atoms with van der Waals surface area (Å²) in [6.45, 7) is 2.07. The van der Waals surface area contributed by atoms with Crippen molar-refractivity contribution in [3.8, 4) is 0 Å². The molecule has 8 heteroatoms. The third-order valence-corrected chi connectivity index (χ3v) is 8.75. The summed E-state index contributed by atoms with van der Waals surface area (Å²) in [5.74, 6) is 0.978. The topological polar surface area (TPSA) is 77.8 Å². The fourth-order valence-corrected chi connectivity index (χ4v) is 6.39. The average Bonchev–Trinajstić information content (AvgIpc) is 3.19. The number of carbonyl (C=O) groups is 1. The second-order valence-electron chi connectivity index (χ2n) is 7.60. The molecule has 4 nitrogen and oxygen atoms in total. The summed E-state index contributed by atoms with van der Waals surface area (Å²) in [7, 11) is 5.81. The number of halogens is 1. The van der Waals surface area contributed by atoms with Crippen LogP contribution in [-0.2, 0) is 11.2 Å². The molecule has 0 spiro atoms. The van der Waals surface area contributed by atoms with Gasteiger partial charge in [-0.3, -0.25) is 0 Å². The van der Waals surface area contributed by atoms with E-state index in [1.54, 1.807) is 29.1 Å². The van der Waals surface area contributed by atoms with Gasteiger partial charge in [0.2, 0.25) is 0 Å². The first-order valence-corrected chi connectivity index (χ1v) is 12.7. The number of allylic oxidation sites excluding steroid dienone is 2. The Morgan fingerprint density at radius 2 is 2.27 bits per heavy atom. The Morgan fingerprint density at radius 3 is 2.90 bits per heavy atom. The van der Waals surface area contributed by atoms with E-state index in [4.69, 9.17) is 12.6 Å². The predicted octanol–water partition coefficient (Wildman–Crippen LogP) is 4.51. The van der Waals surface area contributed by atoms with E-state index in [9.17, 15) is 15.0 Å². The van der Waals surface area contributed by atoms with Crippen LogP contribution in [0.2, 0.25) is 0 Å². The molecule has 0 amide bonds. The van der Waals surface area contributed by atoms with E-state index in [0.717, 1.165) is 10.9 Å². The summed E-state index contributed by atoms with van der Waals surface area (Å²) < 4.78 is 1.12. The maximum absolute atomic E-state index is 10.6. The van der Waals surface area contributed by atoms with Crippen LogP contribution in [0.15, 0.2) is 34.2 Å². The van der Waals surface area contributed by atoms with Gasteiger partial charge >= 0.3 is 197 Å². The molecule has 5 atom stereocenters. The van der Waals surface area contributed by atoms with Crippen LogP contribution in [0.4, 0.5) is 0 Å². The first kappa shape index (κ1) is 25.6. The quantitative estimate of drug-likeness (QED) is 0.218. The molecule has 0 aliphatic heterocycles. The van der Waals surface area contributed by atoms with E-state index in [0.29, 0.717) is 25.7 Å². The van der Waals surface area contributed by atoms with E-state index < -0.39 is 18.2 Å². The van der Waals surface area contributed by atoms with Gasteiger partial charge in [0.1, 0.15) is 0 Å². The van der Waals surface area contributed by atoms with Crippen LogP contribution in [0.3, 0.4) is 0 Å². The number of rotatable bonds is 12. The number of unbranched alkanes of at least 4 members (excludes halogenated alkanes) is 1. The number of aliphatic hydroxyl groups excluding tert-OH is 2. The van der Waals surface area contributed by atoms with Gasteiger partial charge in [-0.05, 0) is 0 Å². The zero-order valence-electron chi connectivity index (χ0n) is 17.1. The van der Waals surface area contributed by atoms with Crippen molar-refractivity contribution in [3.05, 3.63) is 43.9 Å². The first-order chi connectivity index (χ1) is 14.3. The van der Waals surface area contributed by atoms with Crippen molar-refractivity contribution in [1.82, 2.24) is 0 Å². The van der Waals surface area contributed by atoms with Gasteiger partial charge in [0.25, 0.3) is 0 Å². The van der Waals surface area contributed by atoms with Crippen LogP contribution in [0.1, 0.15) is 41.9 Å². The van der Waals surface area contributed by atoms with E-state index in [-0.39, 0.29) is 23.5 Å². The second kappa shape index (κ2) is 13.0. The molecule has 1 aliphatic rings. The normalized spacial score (nSPS) is 25.3. The van der Waals surface area contributed by atoms with Crippen molar-refractivity contribution >= 4 is 58.5 Å². The third kappa shape index (κ3) is 8.11. The molecule has 1 fully saturated rings. The standard InChI is InChI=1S/C22H29BBrO4S2/c1-14-19(24)12-17(30-14)8-6-16(25)7-9-18-15(13-23)11-20(26)22(18)29-10-4-2-3-5-21(27)28/h4,7,9-10,12-13,15-16,18,20,22,25-26H,2-3,5-6,8,11H2,1H3,(H,27,28)/b9-7+,10-4-/t15-,16-,18-,20?,22+/m0/s1. The molecule has 163 valence electrons. The van der Waals surface area contributed by atoms with Gasteiger partial charge in [0.15, 0.2) is 0 Å². The van der Waals surface area contributed by atoms with Gasteiger partial charge in [-0.2, -0.15) is 0 Å². The summed E-state index contributed by atoms with van der Waals surface area (Å²) >= 11 is 6.82. The molecular weight excluding hydrogens is 483 g/mol. The van der Waals surface area contributed by atoms with Crippen LogP contribution in [-0.4, -0.2) is 52.2 Å². The summed E-state index contributed by atoms with van der Waals surface area (Å²) in [5.41, 5.74) is 0. The Kier molecular flexibility index (Phi) is 11.1. The van der Waals surface area contributed by atoms with Crippen LogP contribution < -0.4 is 0 Å². The van der Waals surface area contributed by atoms with Gasteiger partial charge in [-0.25, -0.2) is 0 Å². The molecule has 1 aromatic heterocycles. The molecule has 0 saturated heterocycles. The predicted molar refractivity (Wildman–Crippen MR) is 132 cm³/mol. The van der Waals surface area contributed by atoms with E-state index in [1.807, 2.05) is 23.6 Å². The Bertz CT molecular complexity index is 745. The summed E-state index contributed by atoms with van der Waals surface area (Å²) in [5, 5.41) is 31.5. The number of aliphatic hydroxyl groups is 2. The number of hydrogen-bond donors (Lipinski definition) is 3. The number of aliphatic carboxylic acids is 1. The van der Waals surface area contributed by atoms with E-state index in [2.05, 4.69) is 28.9 Å². The maximum atomic E-state index is 10.6. The minimum atomic E-state index is -0.783. The molecule has 2 rings (SSSR count). The van der Waals surface area contributed by atoms with Gasteiger partial charge in [0.05, 0.1) is 0 Å². The molecule has 0 bridgehead atoms. The zero-order chi connectivity index (χ0) is 22.1. The number of carboxylic acid groups (broad SMARTS) is 1. The van der Waals surface area contributed by atoms with Crippen LogP contribution >= 0.6 is 39.0 Å². The monoisotopic (exact) mass is 511 g/mol. The molecule has 3 N–H and O–H groups in total. The molecule has 30 heavy (non-hydrogen) atoms. The first-order valence-electron chi connectivity index (χ1n) is 10.2. The van der Waals surface area contributed by atoms with Crippen LogP contribution in [0.5, 0.6) is 0 Å². The number of thiophene rings is 1. The Morgan fingerprint density at radius 1 is 1.50 bits per heavy atom. The average molecular weight is 512 g/mol. The summed E-state index contributed by atoms with van der Waals surface area (Å²) in [6.07, 6.45) is 8.32. The van der Waals surface area contributed by atoms with Crippen molar-refractivity contribution in [2.75, 3.05) is 0 Å². The number of thioether (sulfide) groups is 1. The van der Waals surface area contributed by atoms with Crippen molar-refractivity contribution in [3.63, 3.8) is 0 Å². The van der Waals surface area contributed by atoms with Gasteiger partial charge in [-0.1, -0.05) is 0 Å². The number of aryl methyl sites for hydroxylation is 2. The number of carboxylic acids is 1. The molecular formula is C22H29BBrO4S2. The van der Waals surface area contributed by atoms with Gasteiger partial charge < -0.3 is 0 Å². The fraction of sp³-hybridized carbons (Fsp3) is 0.545.